The van der Waals surface area contributed by atoms with E-state index in [9.17, 15) is 52.4 Å². The van der Waals surface area contributed by atoms with Crippen LogP contribution in [-0.2, 0) is 15.8 Å². The number of amides is 2. The lowest BCUT2D eigenvalue weighted by Crippen LogP contribution is -2.51. The molecule has 274 valence electrons. The van der Waals surface area contributed by atoms with Crippen LogP contribution in [0.3, 0.4) is 0 Å². The highest BCUT2D eigenvalue weighted by Gasteiger charge is 2.52. The summed E-state index contributed by atoms with van der Waals surface area (Å²) in [6, 6.07) is 4.42. The zero-order valence-electron chi connectivity index (χ0n) is 29.2. The van der Waals surface area contributed by atoms with Crippen molar-refractivity contribution in [3.8, 4) is 0 Å². The monoisotopic (exact) mass is 706 g/mol. The van der Waals surface area contributed by atoms with Crippen LogP contribution in [0.15, 0.2) is 42.9 Å². The molecule has 1 heterocycles. The quantitative estimate of drug-likeness (QED) is 0.111. The summed E-state index contributed by atoms with van der Waals surface area (Å²) in [5.74, 6) is -3.36. The molecule has 0 saturated heterocycles. The van der Waals surface area contributed by atoms with Crippen molar-refractivity contribution in [1.82, 2.24) is 20.6 Å². The van der Waals surface area contributed by atoms with E-state index >= 15 is 0 Å². The molecule has 50 heavy (non-hydrogen) atoms. The Morgan fingerprint density at radius 1 is 0.860 bits per heavy atom. The maximum atomic E-state index is 13.1. The van der Waals surface area contributed by atoms with Crippen LogP contribution in [0.1, 0.15) is 106 Å². The van der Waals surface area contributed by atoms with Gasteiger partial charge in [-0.3, -0.25) is 24.2 Å². The number of nitrogens with one attached hydrogen (secondary N) is 2. The van der Waals surface area contributed by atoms with Crippen LogP contribution in [0, 0.1) is 22.7 Å². The Morgan fingerprint density at radius 3 is 1.86 bits per heavy atom. The third-order valence-corrected chi connectivity index (χ3v) is 8.24. The Kier molecular flexibility index (Phi) is 15.3. The van der Waals surface area contributed by atoms with Gasteiger partial charge in [-0.1, -0.05) is 59.7 Å². The first-order chi connectivity index (χ1) is 23.1. The van der Waals surface area contributed by atoms with Crippen molar-refractivity contribution in [3.63, 3.8) is 0 Å². The molecule has 3 rings (SSSR count). The lowest BCUT2D eigenvalue weighted by atomic mass is 9.74. The van der Waals surface area contributed by atoms with Gasteiger partial charge in [-0.15, -0.1) is 0 Å². The Morgan fingerprint density at radius 2 is 1.40 bits per heavy atom. The lowest BCUT2D eigenvalue weighted by Gasteiger charge is -2.27. The number of alkyl halides is 3. The highest BCUT2D eigenvalue weighted by atomic mass is 19.4. The average molecular weight is 706 g/mol. The van der Waals surface area contributed by atoms with Crippen molar-refractivity contribution >= 4 is 37.6 Å². The van der Waals surface area contributed by atoms with Gasteiger partial charge in [0.2, 0.25) is 11.8 Å². The number of halogens is 3. The molecule has 0 unspecified atom stereocenters. The second-order valence-corrected chi connectivity index (χ2v) is 14.2. The fourth-order valence-electron chi connectivity index (χ4n) is 5.24. The van der Waals surface area contributed by atoms with Crippen molar-refractivity contribution < 1.29 is 52.4 Å². The number of Topliss-reactive ketones (excluding diaryl/α,β-unsaturated/α-hetero) is 2. The van der Waals surface area contributed by atoms with E-state index in [2.05, 4.69) is 20.6 Å². The molecule has 2 amide bonds. The van der Waals surface area contributed by atoms with Crippen molar-refractivity contribution in [2.45, 2.75) is 98.1 Å². The summed E-state index contributed by atoms with van der Waals surface area (Å²) < 4.78 is 39.3. The predicted octanol–water partition coefficient (Wildman–Crippen LogP) is 3.22. The van der Waals surface area contributed by atoms with Crippen LogP contribution in [0.5, 0.6) is 0 Å². The Labute approximate surface area is 291 Å². The summed E-state index contributed by atoms with van der Waals surface area (Å²) in [6.07, 6.45) is 1.21. The van der Waals surface area contributed by atoms with Gasteiger partial charge in [0.1, 0.15) is 5.69 Å². The molecule has 17 heteroatoms. The fraction of sp³-hybridized carbons (Fsp3) is 0.576. The van der Waals surface area contributed by atoms with E-state index < -0.39 is 72.4 Å². The van der Waals surface area contributed by atoms with E-state index in [-0.39, 0.29) is 35.6 Å². The summed E-state index contributed by atoms with van der Waals surface area (Å²) in [6.45, 7) is 10.4. The highest BCUT2D eigenvalue weighted by Crippen LogP contribution is 2.49. The second kappa shape index (κ2) is 18.0. The number of carbonyl (C=O) groups is 4. The Bertz CT molecular complexity index is 1460. The van der Waals surface area contributed by atoms with E-state index in [1.54, 1.807) is 0 Å². The molecule has 0 radical (unpaired) electrons. The molecular weight excluding hydrogens is 659 g/mol. The molecule has 1 aromatic carbocycles. The maximum Gasteiger partial charge on any atom is 0.475 e. The minimum atomic E-state index is -4.68. The third kappa shape index (κ3) is 12.9. The van der Waals surface area contributed by atoms with E-state index in [0.29, 0.717) is 25.7 Å². The fourth-order valence-corrected chi connectivity index (χ4v) is 5.24. The first-order valence-corrected chi connectivity index (χ1v) is 16.4. The number of nitrogens with zero attached hydrogens (tertiary/aromatic N) is 2. The molecule has 0 spiro atoms. The Hall–Kier alpha value is -3.66. The third-order valence-electron chi connectivity index (χ3n) is 8.24. The number of benzene rings is 1. The van der Waals surface area contributed by atoms with Crippen molar-refractivity contribution in [1.29, 1.82) is 0 Å². The molecule has 0 aliphatic heterocycles. The van der Waals surface area contributed by atoms with Crippen LogP contribution in [0.25, 0.3) is 0 Å². The first kappa shape index (κ1) is 42.5. The van der Waals surface area contributed by atoms with E-state index in [4.69, 9.17) is 0 Å². The normalized spacial score (nSPS) is 14.9. The maximum absolute atomic E-state index is 13.1. The van der Waals surface area contributed by atoms with E-state index in [1.807, 2.05) is 27.7 Å². The van der Waals surface area contributed by atoms with Gasteiger partial charge < -0.3 is 30.7 Å². The molecule has 2 aromatic rings. The number of hydrogen-bond donors (Lipinski definition) is 6. The molecule has 1 aromatic heterocycles. The predicted molar refractivity (Wildman–Crippen MR) is 180 cm³/mol. The number of carbonyl (C=O) groups excluding carboxylic acids is 4. The summed E-state index contributed by atoms with van der Waals surface area (Å²) in [5.41, 5.74) is -3.38. The zero-order chi connectivity index (χ0) is 38.0. The first-order valence-electron chi connectivity index (χ1n) is 16.4. The standard InChI is InChI=1S/C18H25BF3NO4.C15H22BN3O4/c1-11(2)9-15(19(26)27)23-16(25)17(3,4)10-14(24)12-7-5-6-8-13(12)18(20,21)22;1-10(2)7-13(16(22)23)19-14(21)15(3-4-15)8-12(20)11-9-17-5-6-18-11/h5-8,11,15,26-27H,9-10H2,1-4H3,(H,23,25);5-6,9-10,13,22-23H,3-4,7-8H2,1-2H3,(H,19,21)/t15-;13-/m00/s1. The van der Waals surface area contributed by atoms with E-state index in [0.717, 1.165) is 12.1 Å². The topological polar surface area (TPSA) is 199 Å². The van der Waals surface area contributed by atoms with Gasteiger partial charge in [0.05, 0.1) is 34.5 Å². The van der Waals surface area contributed by atoms with Gasteiger partial charge >= 0.3 is 20.4 Å². The minimum Gasteiger partial charge on any atom is -0.426 e. The van der Waals surface area contributed by atoms with Gasteiger partial charge in [0.15, 0.2) is 11.6 Å². The van der Waals surface area contributed by atoms with Crippen molar-refractivity contribution in [2.75, 3.05) is 0 Å². The zero-order valence-corrected chi connectivity index (χ0v) is 29.2. The molecule has 1 aliphatic rings. The summed E-state index contributed by atoms with van der Waals surface area (Å²) in [4.78, 5) is 57.5. The summed E-state index contributed by atoms with van der Waals surface area (Å²) in [7, 11) is -3.40. The molecule has 12 nitrogen and oxygen atoms in total. The smallest absolute Gasteiger partial charge is 0.426 e. The summed E-state index contributed by atoms with van der Waals surface area (Å²) in [5, 5.41) is 42.8. The van der Waals surface area contributed by atoms with Gasteiger partial charge in [-0.25, -0.2) is 4.98 Å². The van der Waals surface area contributed by atoms with Crippen LogP contribution in [0.2, 0.25) is 0 Å². The van der Waals surface area contributed by atoms with Gasteiger partial charge in [0.25, 0.3) is 0 Å². The Balaban J connectivity index is 0.000000351. The number of aromatic nitrogens is 2. The average Bonchev–Trinajstić information content (AvgIpc) is 3.80. The van der Waals surface area contributed by atoms with Crippen LogP contribution < -0.4 is 10.6 Å². The highest BCUT2D eigenvalue weighted by molar-refractivity contribution is 6.44. The minimum absolute atomic E-state index is 0.0629. The molecule has 1 aliphatic carbocycles. The second-order valence-electron chi connectivity index (χ2n) is 14.2. The molecule has 1 saturated carbocycles. The van der Waals surface area contributed by atoms with Gasteiger partial charge in [-0.2, -0.15) is 13.2 Å². The van der Waals surface area contributed by atoms with Crippen LogP contribution in [0.4, 0.5) is 13.2 Å². The van der Waals surface area contributed by atoms with Gasteiger partial charge in [0, 0.05) is 30.8 Å². The number of rotatable bonds is 16. The SMILES string of the molecule is CC(C)C[C@H](NC(=O)C(C)(C)CC(=O)c1ccccc1C(F)(F)F)B(O)O.CC(C)C[C@H](NC(=O)C1(CC(=O)c2cnccn2)CC1)B(O)O. The number of ketones is 2. The molecule has 2 atom stereocenters. The molecular formula is C33H47B2F3N4O8. The number of hydrogen-bond acceptors (Lipinski definition) is 10. The summed E-state index contributed by atoms with van der Waals surface area (Å²) >= 11 is 0. The molecule has 6 N–H and O–H groups in total. The lowest BCUT2D eigenvalue weighted by molar-refractivity contribution is -0.138. The van der Waals surface area contributed by atoms with Crippen molar-refractivity contribution in [3.05, 3.63) is 59.7 Å². The van der Waals surface area contributed by atoms with Gasteiger partial charge in [-0.05, 0) is 43.6 Å². The largest absolute Gasteiger partial charge is 0.475 e. The van der Waals surface area contributed by atoms with Crippen molar-refractivity contribution in [2.24, 2.45) is 22.7 Å². The molecule has 0 bridgehead atoms. The van der Waals surface area contributed by atoms with E-state index in [1.165, 1.54) is 44.6 Å². The van der Waals surface area contributed by atoms with Crippen LogP contribution >= 0.6 is 0 Å². The van der Waals surface area contributed by atoms with Crippen LogP contribution in [-0.4, -0.2) is 79.6 Å². The molecule has 1 fully saturated rings.